The van der Waals surface area contributed by atoms with E-state index in [1.54, 1.807) is 0 Å². The molecule has 1 saturated heterocycles. The van der Waals surface area contributed by atoms with E-state index in [0.29, 0.717) is 24.6 Å². The van der Waals surface area contributed by atoms with Crippen molar-refractivity contribution in [1.82, 2.24) is 20.4 Å². The molecule has 0 bridgehead atoms. The van der Waals surface area contributed by atoms with Crippen LogP contribution in [-0.4, -0.2) is 40.6 Å². The van der Waals surface area contributed by atoms with Crippen LogP contribution in [0.15, 0.2) is 34.9 Å². The van der Waals surface area contributed by atoms with Gasteiger partial charge < -0.3 is 14.7 Å². The molecule has 0 spiro atoms. The van der Waals surface area contributed by atoms with E-state index in [2.05, 4.69) is 27.6 Å². The average Bonchev–Trinajstić information content (AvgIpc) is 3.08. The molecule has 1 unspecified atom stereocenters. The summed E-state index contributed by atoms with van der Waals surface area (Å²) < 4.78 is 5.16. The van der Waals surface area contributed by atoms with Gasteiger partial charge >= 0.3 is 0 Å². The van der Waals surface area contributed by atoms with Gasteiger partial charge in [0, 0.05) is 38.9 Å². The third-order valence-corrected chi connectivity index (χ3v) is 4.13. The lowest BCUT2D eigenvalue weighted by atomic mass is 10.0. The first-order chi connectivity index (χ1) is 11.3. The summed E-state index contributed by atoms with van der Waals surface area (Å²) >= 11 is 0. The molecule has 1 atom stereocenters. The van der Waals surface area contributed by atoms with Crippen molar-refractivity contribution in [2.24, 2.45) is 0 Å². The predicted molar refractivity (Wildman–Crippen MR) is 85.8 cm³/mol. The summed E-state index contributed by atoms with van der Waals surface area (Å²) in [6, 6.07) is 10.3. The van der Waals surface area contributed by atoms with Crippen LogP contribution < -0.4 is 5.32 Å². The number of amides is 1. The molecule has 1 aromatic heterocycles. The zero-order valence-corrected chi connectivity index (χ0v) is 13.4. The number of aryl methyl sites for hydroxylation is 2. The molecule has 2 heterocycles. The highest BCUT2D eigenvalue weighted by Gasteiger charge is 2.27. The molecule has 2 aromatic rings. The molecule has 0 saturated carbocycles. The first kappa shape index (κ1) is 15.7. The van der Waals surface area contributed by atoms with Crippen molar-refractivity contribution in [3.63, 3.8) is 0 Å². The third kappa shape index (κ3) is 3.76. The van der Waals surface area contributed by atoms with E-state index < -0.39 is 0 Å². The summed E-state index contributed by atoms with van der Waals surface area (Å²) in [5.74, 6) is 1.37. The quantitative estimate of drug-likeness (QED) is 0.910. The maximum absolute atomic E-state index is 12.6. The van der Waals surface area contributed by atoms with Crippen LogP contribution in [0.3, 0.4) is 0 Å². The maximum Gasteiger partial charge on any atom is 0.227 e. The van der Waals surface area contributed by atoms with Gasteiger partial charge in [0.2, 0.25) is 11.8 Å². The monoisotopic (exact) mass is 314 g/mol. The van der Waals surface area contributed by atoms with Gasteiger partial charge in [-0.05, 0) is 5.56 Å². The Balaban J connectivity index is 1.64. The van der Waals surface area contributed by atoms with Crippen LogP contribution >= 0.6 is 0 Å². The fraction of sp³-hybridized carbons (Fsp3) is 0.471. The van der Waals surface area contributed by atoms with Crippen LogP contribution in [0, 0.1) is 0 Å². The molecule has 1 aliphatic heterocycles. The first-order valence-electron chi connectivity index (χ1n) is 8.14. The highest BCUT2D eigenvalue weighted by Crippen LogP contribution is 2.23. The minimum atomic E-state index is 0.0892. The lowest BCUT2D eigenvalue weighted by Crippen LogP contribution is -2.48. The standard InChI is InChI=1S/C17H22N4O2/c1-2-15-19-16(23-20-15)8-9-17(22)21-11-10-18-12-14(21)13-6-4-3-5-7-13/h3-7,14,18H,2,8-12H2,1H3. The Kier molecular flexibility index (Phi) is 5.02. The van der Waals surface area contributed by atoms with Crippen molar-refractivity contribution in [1.29, 1.82) is 0 Å². The summed E-state index contributed by atoms with van der Waals surface area (Å²) in [6.07, 6.45) is 1.64. The Morgan fingerprint density at radius 2 is 2.22 bits per heavy atom. The number of nitrogens with one attached hydrogen (secondary N) is 1. The van der Waals surface area contributed by atoms with Gasteiger partial charge in [-0.3, -0.25) is 4.79 Å². The molecule has 3 rings (SSSR count). The maximum atomic E-state index is 12.6. The fourth-order valence-corrected chi connectivity index (χ4v) is 2.87. The van der Waals surface area contributed by atoms with Crippen molar-refractivity contribution in [2.75, 3.05) is 19.6 Å². The van der Waals surface area contributed by atoms with Crippen molar-refractivity contribution >= 4 is 5.91 Å². The number of carbonyl (C=O) groups excluding carboxylic acids is 1. The number of piperazine rings is 1. The number of nitrogens with zero attached hydrogens (tertiary/aromatic N) is 3. The van der Waals surface area contributed by atoms with Gasteiger partial charge in [0.1, 0.15) is 0 Å². The van der Waals surface area contributed by atoms with E-state index in [-0.39, 0.29) is 11.9 Å². The third-order valence-electron chi connectivity index (χ3n) is 4.13. The Morgan fingerprint density at radius 1 is 1.39 bits per heavy atom. The van der Waals surface area contributed by atoms with E-state index in [4.69, 9.17) is 4.52 Å². The molecule has 1 amide bonds. The van der Waals surface area contributed by atoms with Gasteiger partial charge in [-0.15, -0.1) is 0 Å². The van der Waals surface area contributed by atoms with Crippen molar-refractivity contribution in [2.45, 2.75) is 32.2 Å². The SMILES string of the molecule is CCc1noc(CCC(=O)N2CCNCC2c2ccccc2)n1. The minimum Gasteiger partial charge on any atom is -0.339 e. The van der Waals surface area contributed by atoms with Gasteiger partial charge in [-0.2, -0.15) is 4.98 Å². The lowest BCUT2D eigenvalue weighted by molar-refractivity contribution is -0.134. The topological polar surface area (TPSA) is 71.3 Å². The Labute approximate surface area is 135 Å². The molecule has 1 N–H and O–H groups in total. The van der Waals surface area contributed by atoms with Crippen LogP contribution in [0.5, 0.6) is 0 Å². The van der Waals surface area contributed by atoms with Crippen molar-refractivity contribution < 1.29 is 9.32 Å². The van der Waals surface area contributed by atoms with E-state index >= 15 is 0 Å². The van der Waals surface area contributed by atoms with Crippen LogP contribution in [0.25, 0.3) is 0 Å². The van der Waals surface area contributed by atoms with Crippen molar-refractivity contribution in [3.8, 4) is 0 Å². The molecule has 0 radical (unpaired) electrons. The van der Waals surface area contributed by atoms with Crippen molar-refractivity contribution in [3.05, 3.63) is 47.6 Å². The smallest absolute Gasteiger partial charge is 0.227 e. The molecule has 23 heavy (non-hydrogen) atoms. The van der Waals surface area contributed by atoms with E-state index in [0.717, 1.165) is 26.1 Å². The number of benzene rings is 1. The molecule has 1 aromatic carbocycles. The highest BCUT2D eigenvalue weighted by atomic mass is 16.5. The first-order valence-corrected chi connectivity index (χ1v) is 8.14. The van der Waals surface area contributed by atoms with Gasteiger partial charge in [0.05, 0.1) is 6.04 Å². The molecule has 1 aliphatic rings. The number of carbonyl (C=O) groups is 1. The fourth-order valence-electron chi connectivity index (χ4n) is 2.87. The largest absolute Gasteiger partial charge is 0.339 e. The average molecular weight is 314 g/mol. The zero-order chi connectivity index (χ0) is 16.1. The van der Waals surface area contributed by atoms with Crippen LogP contribution in [0.2, 0.25) is 0 Å². The summed E-state index contributed by atoms with van der Waals surface area (Å²) in [6.45, 7) is 4.32. The number of hydrogen-bond donors (Lipinski definition) is 1. The van der Waals surface area contributed by atoms with E-state index in [1.165, 1.54) is 5.56 Å². The summed E-state index contributed by atoms with van der Waals surface area (Å²) in [7, 11) is 0. The van der Waals surface area contributed by atoms with E-state index in [9.17, 15) is 4.79 Å². The number of hydrogen-bond acceptors (Lipinski definition) is 5. The number of aromatic nitrogens is 2. The highest BCUT2D eigenvalue weighted by molar-refractivity contribution is 5.77. The second-order valence-electron chi connectivity index (χ2n) is 5.68. The zero-order valence-electron chi connectivity index (χ0n) is 13.4. The van der Waals surface area contributed by atoms with Gasteiger partial charge in [0.15, 0.2) is 5.82 Å². The second kappa shape index (κ2) is 7.37. The lowest BCUT2D eigenvalue weighted by Gasteiger charge is -2.36. The Hall–Kier alpha value is -2.21. The molecule has 122 valence electrons. The van der Waals surface area contributed by atoms with Gasteiger partial charge in [-0.25, -0.2) is 0 Å². The van der Waals surface area contributed by atoms with Crippen LogP contribution in [-0.2, 0) is 17.6 Å². The summed E-state index contributed by atoms with van der Waals surface area (Å²) in [5.41, 5.74) is 1.17. The van der Waals surface area contributed by atoms with Crippen LogP contribution in [0.1, 0.15) is 36.7 Å². The Morgan fingerprint density at radius 3 is 2.96 bits per heavy atom. The van der Waals surface area contributed by atoms with E-state index in [1.807, 2.05) is 30.0 Å². The molecule has 6 nitrogen and oxygen atoms in total. The molecule has 0 aliphatic carbocycles. The molecular formula is C17H22N4O2. The van der Waals surface area contributed by atoms with Gasteiger partial charge in [-0.1, -0.05) is 42.4 Å². The minimum absolute atomic E-state index is 0.0892. The molecular weight excluding hydrogens is 292 g/mol. The molecule has 6 heteroatoms. The Bertz CT molecular complexity index is 641. The normalized spacial score (nSPS) is 18.1. The predicted octanol–water partition coefficient (Wildman–Crippen LogP) is 1.74. The second-order valence-corrected chi connectivity index (χ2v) is 5.68. The number of rotatable bonds is 5. The van der Waals surface area contributed by atoms with Gasteiger partial charge in [0.25, 0.3) is 0 Å². The summed E-state index contributed by atoms with van der Waals surface area (Å²) in [4.78, 5) is 18.9. The molecule has 1 fully saturated rings. The van der Waals surface area contributed by atoms with Crippen LogP contribution in [0.4, 0.5) is 0 Å². The summed E-state index contributed by atoms with van der Waals surface area (Å²) in [5, 5.41) is 7.23.